The smallest absolute Gasteiger partial charge is 0.331 e. The molecule has 9 heteroatoms. The molecule has 6 nitrogen and oxygen atoms in total. The molecule has 1 saturated heterocycles. The largest absolute Gasteiger partial charge is 0.466 e. The van der Waals surface area contributed by atoms with Crippen LogP contribution in [0.1, 0.15) is 5.56 Å². The van der Waals surface area contributed by atoms with Crippen molar-refractivity contribution in [2.75, 3.05) is 7.11 Å². The summed E-state index contributed by atoms with van der Waals surface area (Å²) in [7, 11) is 1.19. The van der Waals surface area contributed by atoms with Gasteiger partial charge in [0.1, 0.15) is 0 Å². The van der Waals surface area contributed by atoms with Crippen LogP contribution in [0.25, 0.3) is 0 Å². The van der Waals surface area contributed by atoms with Gasteiger partial charge >= 0.3 is 5.97 Å². The second-order valence-corrected chi connectivity index (χ2v) is 4.94. The maximum Gasteiger partial charge on any atom is 0.331 e. The number of hydrogen-bond acceptors (Lipinski definition) is 6. The van der Waals surface area contributed by atoms with Crippen molar-refractivity contribution in [1.29, 1.82) is 0 Å². The Morgan fingerprint density at radius 3 is 2.82 bits per heavy atom. The van der Waals surface area contributed by atoms with Crippen LogP contribution in [0.5, 0.6) is 0 Å². The third-order valence-corrected chi connectivity index (χ3v) is 3.30. The highest BCUT2D eigenvalue weighted by molar-refractivity contribution is 8.18. The minimum Gasteiger partial charge on any atom is -0.466 e. The molecule has 0 unspecified atom stereocenters. The first-order valence-corrected chi connectivity index (χ1v) is 6.66. The summed E-state index contributed by atoms with van der Waals surface area (Å²) in [6.07, 6.45) is 2.23. The zero-order valence-corrected chi connectivity index (χ0v) is 12.0. The molecule has 1 heterocycles. The van der Waals surface area contributed by atoms with E-state index in [4.69, 9.17) is 0 Å². The lowest BCUT2D eigenvalue weighted by Gasteiger charge is -1.94. The topological polar surface area (TPSA) is 80.1 Å². The lowest BCUT2D eigenvalue weighted by Crippen LogP contribution is -2.19. The molecule has 2 rings (SSSR count). The van der Waals surface area contributed by atoms with Gasteiger partial charge in [-0.1, -0.05) is 6.07 Å². The quantitative estimate of drug-likeness (QED) is 0.396. The summed E-state index contributed by atoms with van der Waals surface area (Å²) < 4.78 is 30.1. The van der Waals surface area contributed by atoms with Crippen molar-refractivity contribution in [1.82, 2.24) is 5.32 Å². The predicted octanol–water partition coefficient (Wildman–Crippen LogP) is 1.57. The molecule has 1 aromatic rings. The number of thioether (sulfide) groups is 1. The van der Waals surface area contributed by atoms with Gasteiger partial charge in [0.05, 0.1) is 18.2 Å². The fraction of sp³-hybridized carbons (Fsp3) is 0.0769. The van der Waals surface area contributed by atoms with Gasteiger partial charge in [0.2, 0.25) is 0 Å². The number of carbonyl (C=O) groups excluding carboxylic acids is 2. The first-order valence-electron chi connectivity index (χ1n) is 5.84. The summed E-state index contributed by atoms with van der Waals surface area (Å²) in [5.41, 5.74) is 0.308. The Balaban J connectivity index is 2.06. The van der Waals surface area contributed by atoms with Crippen LogP contribution in [0.4, 0.5) is 8.78 Å². The molecule has 0 spiro atoms. The number of methoxy groups -OCH3 is 1. The molecule has 0 radical (unpaired) electrons. The normalized spacial score (nSPS) is 18.2. The van der Waals surface area contributed by atoms with E-state index >= 15 is 0 Å². The Morgan fingerprint density at radius 1 is 1.36 bits per heavy atom. The zero-order chi connectivity index (χ0) is 16.1. The molecule has 0 aromatic heterocycles. The van der Waals surface area contributed by atoms with E-state index in [1.165, 1.54) is 19.4 Å². The van der Waals surface area contributed by atoms with Gasteiger partial charge in [0.25, 0.3) is 5.91 Å². The third kappa shape index (κ3) is 3.98. The minimum atomic E-state index is -0.997. The third-order valence-electron chi connectivity index (χ3n) is 2.40. The monoisotopic (exact) mass is 325 g/mol. The van der Waals surface area contributed by atoms with Crippen LogP contribution in [0.15, 0.2) is 39.4 Å². The molecule has 1 fully saturated rings. The Morgan fingerprint density at radius 2 is 2.14 bits per heavy atom. The van der Waals surface area contributed by atoms with Crippen molar-refractivity contribution >= 4 is 35.0 Å². The zero-order valence-electron chi connectivity index (χ0n) is 11.2. The summed E-state index contributed by atoms with van der Waals surface area (Å²) in [5, 5.41) is 9.91. The van der Waals surface area contributed by atoms with E-state index in [1.54, 1.807) is 0 Å². The fourth-order valence-electron chi connectivity index (χ4n) is 1.38. The first-order chi connectivity index (χ1) is 10.5. The maximum atomic E-state index is 13.0. The number of hydrogen-bond donors (Lipinski definition) is 1. The highest BCUT2D eigenvalue weighted by atomic mass is 32.2. The van der Waals surface area contributed by atoms with Crippen molar-refractivity contribution in [3.05, 3.63) is 46.4 Å². The molecule has 1 aliphatic heterocycles. The van der Waals surface area contributed by atoms with Crippen molar-refractivity contribution in [2.45, 2.75) is 0 Å². The minimum absolute atomic E-state index is 0.119. The molecular formula is C13H9F2N3O3S. The molecule has 1 amide bonds. The molecule has 114 valence electrons. The van der Waals surface area contributed by atoms with E-state index in [1.807, 2.05) is 0 Å². The number of esters is 1. The highest BCUT2D eigenvalue weighted by Gasteiger charge is 2.24. The van der Waals surface area contributed by atoms with Gasteiger partial charge in [-0.25, -0.2) is 13.6 Å². The van der Waals surface area contributed by atoms with E-state index in [0.717, 1.165) is 30.0 Å². The fourth-order valence-corrected chi connectivity index (χ4v) is 2.12. The van der Waals surface area contributed by atoms with Gasteiger partial charge < -0.3 is 4.74 Å². The molecule has 1 N–H and O–H groups in total. The van der Waals surface area contributed by atoms with Crippen LogP contribution in [-0.2, 0) is 14.3 Å². The summed E-state index contributed by atoms with van der Waals surface area (Å²) in [4.78, 5) is 22.7. The number of nitrogens with one attached hydrogen (secondary N) is 1. The van der Waals surface area contributed by atoms with E-state index in [-0.39, 0.29) is 10.1 Å². The van der Waals surface area contributed by atoms with Crippen LogP contribution in [0.2, 0.25) is 0 Å². The second kappa shape index (κ2) is 6.94. The number of rotatable bonds is 3. The van der Waals surface area contributed by atoms with Crippen LogP contribution < -0.4 is 5.32 Å². The van der Waals surface area contributed by atoms with Crippen molar-refractivity contribution in [3.63, 3.8) is 0 Å². The molecule has 22 heavy (non-hydrogen) atoms. The van der Waals surface area contributed by atoms with Crippen LogP contribution >= 0.6 is 11.8 Å². The Kier molecular flexibility index (Phi) is 4.99. The summed E-state index contributed by atoms with van der Waals surface area (Å²) in [5.74, 6) is -3.12. The average Bonchev–Trinajstić information content (AvgIpc) is 2.83. The van der Waals surface area contributed by atoms with E-state index in [9.17, 15) is 18.4 Å². The highest BCUT2D eigenvalue weighted by Crippen LogP contribution is 2.23. The summed E-state index contributed by atoms with van der Waals surface area (Å²) in [6, 6.07) is 3.25. The van der Waals surface area contributed by atoms with Gasteiger partial charge in [-0.15, -0.1) is 5.10 Å². The molecule has 0 saturated carbocycles. The van der Waals surface area contributed by atoms with E-state index in [2.05, 4.69) is 20.3 Å². The molecule has 1 aliphatic rings. The lowest BCUT2D eigenvalue weighted by atomic mass is 10.2. The van der Waals surface area contributed by atoms with E-state index in [0.29, 0.717) is 5.56 Å². The van der Waals surface area contributed by atoms with Crippen molar-refractivity contribution < 1.29 is 23.1 Å². The van der Waals surface area contributed by atoms with Crippen molar-refractivity contribution in [3.8, 4) is 0 Å². The molecule has 0 bridgehead atoms. The predicted molar refractivity (Wildman–Crippen MR) is 77.2 cm³/mol. The second-order valence-electron chi connectivity index (χ2n) is 3.91. The van der Waals surface area contributed by atoms with Gasteiger partial charge in [-0.05, 0) is 29.5 Å². The average molecular weight is 325 g/mol. The molecule has 0 aliphatic carbocycles. The van der Waals surface area contributed by atoms with Gasteiger partial charge in [0, 0.05) is 6.08 Å². The van der Waals surface area contributed by atoms with Gasteiger partial charge in [-0.3, -0.25) is 10.1 Å². The Bertz CT molecular complexity index is 716. The van der Waals surface area contributed by atoms with Gasteiger partial charge in [-0.2, -0.15) is 5.10 Å². The standard InChI is InChI=1S/C13H9F2N3O3S/c1-21-11(19)5-10-12(20)17-13(22-10)18-16-6-7-2-3-8(14)9(15)4-7/h2-6H,1H3,(H,17,18,20)/b10-5+,16-6?. The number of benzene rings is 1. The number of carbonyl (C=O) groups is 2. The summed E-state index contributed by atoms with van der Waals surface area (Å²) >= 11 is 0.905. The number of nitrogens with zero attached hydrogens (tertiary/aromatic N) is 2. The van der Waals surface area contributed by atoms with Crippen LogP contribution in [0.3, 0.4) is 0 Å². The SMILES string of the molecule is COC(=O)/C=C1/S/C(=N\N=Cc2ccc(F)c(F)c2)NC1=O. The molecule has 1 aromatic carbocycles. The van der Waals surface area contributed by atoms with Gasteiger partial charge in [0.15, 0.2) is 16.8 Å². The Hall–Kier alpha value is -2.55. The number of halogens is 2. The molecular weight excluding hydrogens is 316 g/mol. The maximum absolute atomic E-state index is 13.0. The first kappa shape index (κ1) is 15.8. The van der Waals surface area contributed by atoms with Crippen LogP contribution in [0, 0.1) is 11.6 Å². The lowest BCUT2D eigenvalue weighted by molar-refractivity contribution is -0.135. The number of amides is 1. The molecule has 0 atom stereocenters. The van der Waals surface area contributed by atoms with Crippen molar-refractivity contribution in [2.24, 2.45) is 10.2 Å². The van der Waals surface area contributed by atoms with Crippen LogP contribution in [-0.4, -0.2) is 30.4 Å². The summed E-state index contributed by atoms with van der Waals surface area (Å²) in [6.45, 7) is 0. The number of ether oxygens (including phenoxy) is 1. The Labute approximate surface area is 127 Å². The number of amidine groups is 1. The van der Waals surface area contributed by atoms with E-state index < -0.39 is 23.5 Å².